The van der Waals surface area contributed by atoms with Gasteiger partial charge in [-0.15, -0.1) is 0 Å². The zero-order valence-corrected chi connectivity index (χ0v) is 11.4. The molecule has 0 saturated carbocycles. The van der Waals surface area contributed by atoms with Crippen molar-refractivity contribution in [3.8, 4) is 0 Å². The second kappa shape index (κ2) is 6.72. The van der Waals surface area contributed by atoms with E-state index < -0.39 is 0 Å². The SMILES string of the molecule is C=C(C)C(=O)OCC(C)CCC(C)(C)CC. The largest absolute Gasteiger partial charge is 0.462 e. The molecule has 0 N–H and O–H groups in total. The molecule has 16 heavy (non-hydrogen) atoms. The summed E-state index contributed by atoms with van der Waals surface area (Å²) in [6.07, 6.45) is 3.46. The van der Waals surface area contributed by atoms with Crippen molar-refractivity contribution in [2.24, 2.45) is 11.3 Å². The predicted octanol–water partition coefficient (Wildman–Crippen LogP) is 3.96. The quantitative estimate of drug-likeness (QED) is 0.485. The van der Waals surface area contributed by atoms with E-state index in [0.29, 0.717) is 23.5 Å². The first-order valence-corrected chi connectivity index (χ1v) is 6.11. The summed E-state index contributed by atoms with van der Waals surface area (Å²) in [5.41, 5.74) is 0.869. The van der Waals surface area contributed by atoms with Crippen LogP contribution in [0.1, 0.15) is 53.9 Å². The van der Waals surface area contributed by atoms with E-state index in [1.54, 1.807) is 6.92 Å². The molecule has 0 rings (SSSR count). The third kappa shape index (κ3) is 6.65. The van der Waals surface area contributed by atoms with Crippen molar-refractivity contribution in [1.82, 2.24) is 0 Å². The van der Waals surface area contributed by atoms with E-state index in [0.717, 1.165) is 6.42 Å². The number of esters is 1. The monoisotopic (exact) mass is 226 g/mol. The van der Waals surface area contributed by atoms with Gasteiger partial charge in [-0.25, -0.2) is 4.79 Å². The molecule has 1 atom stereocenters. The number of ether oxygens (including phenoxy) is 1. The number of hydrogen-bond acceptors (Lipinski definition) is 2. The van der Waals surface area contributed by atoms with Gasteiger partial charge < -0.3 is 4.74 Å². The van der Waals surface area contributed by atoms with Crippen LogP contribution in [0.25, 0.3) is 0 Å². The van der Waals surface area contributed by atoms with Gasteiger partial charge >= 0.3 is 5.97 Å². The molecule has 0 aliphatic carbocycles. The molecule has 0 spiro atoms. The predicted molar refractivity (Wildman–Crippen MR) is 68.2 cm³/mol. The first-order valence-electron chi connectivity index (χ1n) is 6.11. The number of rotatable bonds is 7. The lowest BCUT2D eigenvalue weighted by Crippen LogP contribution is -2.16. The summed E-state index contributed by atoms with van der Waals surface area (Å²) in [6, 6.07) is 0. The topological polar surface area (TPSA) is 26.3 Å². The zero-order valence-electron chi connectivity index (χ0n) is 11.4. The molecule has 0 aliphatic heterocycles. The smallest absolute Gasteiger partial charge is 0.333 e. The van der Waals surface area contributed by atoms with Gasteiger partial charge in [0.05, 0.1) is 6.61 Å². The maximum atomic E-state index is 11.2. The molecule has 0 heterocycles. The number of carbonyl (C=O) groups is 1. The Kier molecular flexibility index (Phi) is 6.39. The molecule has 1 unspecified atom stereocenters. The fourth-order valence-corrected chi connectivity index (χ4v) is 1.24. The van der Waals surface area contributed by atoms with Crippen molar-refractivity contribution in [2.45, 2.75) is 53.9 Å². The summed E-state index contributed by atoms with van der Waals surface area (Å²) >= 11 is 0. The summed E-state index contributed by atoms with van der Waals surface area (Å²) in [7, 11) is 0. The van der Waals surface area contributed by atoms with Crippen LogP contribution in [0.3, 0.4) is 0 Å². The Hall–Kier alpha value is -0.790. The van der Waals surface area contributed by atoms with Gasteiger partial charge in [-0.3, -0.25) is 0 Å². The lowest BCUT2D eigenvalue weighted by atomic mass is 9.83. The molecular weight excluding hydrogens is 200 g/mol. The van der Waals surface area contributed by atoms with Crippen LogP contribution in [0.5, 0.6) is 0 Å². The molecule has 0 aliphatic rings. The third-order valence-corrected chi connectivity index (χ3v) is 3.12. The first-order chi connectivity index (χ1) is 7.28. The van der Waals surface area contributed by atoms with Gasteiger partial charge in [0, 0.05) is 5.57 Å². The van der Waals surface area contributed by atoms with Crippen LogP contribution >= 0.6 is 0 Å². The van der Waals surface area contributed by atoms with Crippen molar-refractivity contribution < 1.29 is 9.53 Å². The normalized spacial score (nSPS) is 13.3. The van der Waals surface area contributed by atoms with Crippen LogP contribution in [0.2, 0.25) is 0 Å². The minimum atomic E-state index is -0.276. The van der Waals surface area contributed by atoms with Crippen molar-refractivity contribution in [2.75, 3.05) is 6.61 Å². The Morgan fingerprint density at radius 2 is 2.00 bits per heavy atom. The highest BCUT2D eigenvalue weighted by atomic mass is 16.5. The lowest BCUT2D eigenvalue weighted by molar-refractivity contribution is -0.140. The maximum absolute atomic E-state index is 11.2. The van der Waals surface area contributed by atoms with Gasteiger partial charge in [0.2, 0.25) is 0 Å². The summed E-state index contributed by atoms with van der Waals surface area (Å²) in [5.74, 6) is 0.149. The van der Waals surface area contributed by atoms with E-state index in [-0.39, 0.29) is 5.97 Å². The van der Waals surface area contributed by atoms with Crippen molar-refractivity contribution in [3.05, 3.63) is 12.2 Å². The Labute approximate surface area is 100 Å². The molecule has 0 bridgehead atoms. The Balaban J connectivity index is 3.79. The molecule has 0 aromatic carbocycles. The first kappa shape index (κ1) is 15.2. The Morgan fingerprint density at radius 1 is 1.44 bits per heavy atom. The molecule has 2 nitrogen and oxygen atoms in total. The van der Waals surface area contributed by atoms with E-state index in [4.69, 9.17) is 4.74 Å². The van der Waals surface area contributed by atoms with Crippen LogP contribution in [0.15, 0.2) is 12.2 Å². The molecule has 0 radical (unpaired) electrons. The molecular formula is C14H26O2. The Morgan fingerprint density at radius 3 is 2.44 bits per heavy atom. The van der Waals surface area contributed by atoms with Gasteiger partial charge in [0.1, 0.15) is 0 Å². The van der Waals surface area contributed by atoms with Crippen molar-refractivity contribution >= 4 is 5.97 Å². The Bertz CT molecular complexity index is 241. The second-order valence-corrected chi connectivity index (χ2v) is 5.54. The minimum Gasteiger partial charge on any atom is -0.462 e. The lowest BCUT2D eigenvalue weighted by Gasteiger charge is -2.24. The van der Waals surface area contributed by atoms with E-state index in [2.05, 4.69) is 34.3 Å². The van der Waals surface area contributed by atoms with Crippen LogP contribution in [-0.2, 0) is 9.53 Å². The highest BCUT2D eigenvalue weighted by molar-refractivity contribution is 5.86. The van der Waals surface area contributed by atoms with E-state index in [9.17, 15) is 4.79 Å². The molecule has 0 fully saturated rings. The fourth-order valence-electron chi connectivity index (χ4n) is 1.24. The van der Waals surface area contributed by atoms with E-state index >= 15 is 0 Å². The third-order valence-electron chi connectivity index (χ3n) is 3.12. The van der Waals surface area contributed by atoms with Gasteiger partial charge in [-0.2, -0.15) is 0 Å². The summed E-state index contributed by atoms with van der Waals surface area (Å²) in [4.78, 5) is 11.2. The van der Waals surface area contributed by atoms with E-state index in [1.807, 2.05) is 0 Å². The van der Waals surface area contributed by atoms with Crippen LogP contribution < -0.4 is 0 Å². The van der Waals surface area contributed by atoms with Gasteiger partial charge in [-0.05, 0) is 31.1 Å². The average Bonchev–Trinajstić information content (AvgIpc) is 2.23. The average molecular weight is 226 g/mol. The summed E-state index contributed by atoms with van der Waals surface area (Å²) in [5, 5.41) is 0. The minimum absolute atomic E-state index is 0.276. The van der Waals surface area contributed by atoms with Gasteiger partial charge in [0.25, 0.3) is 0 Å². The molecule has 2 heteroatoms. The van der Waals surface area contributed by atoms with E-state index in [1.165, 1.54) is 12.8 Å². The highest BCUT2D eigenvalue weighted by Gasteiger charge is 2.17. The molecule has 0 amide bonds. The number of carbonyl (C=O) groups excluding carboxylic acids is 1. The maximum Gasteiger partial charge on any atom is 0.333 e. The van der Waals surface area contributed by atoms with Crippen LogP contribution in [0.4, 0.5) is 0 Å². The molecule has 0 aromatic rings. The van der Waals surface area contributed by atoms with Crippen molar-refractivity contribution in [3.63, 3.8) is 0 Å². The summed E-state index contributed by atoms with van der Waals surface area (Å²) < 4.78 is 5.13. The van der Waals surface area contributed by atoms with Crippen LogP contribution in [-0.4, -0.2) is 12.6 Å². The number of hydrogen-bond donors (Lipinski definition) is 0. The standard InChI is InChI=1S/C14H26O2/c1-7-14(5,6)9-8-12(4)10-16-13(15)11(2)3/h12H,2,7-10H2,1,3-6H3. The molecule has 0 saturated heterocycles. The second-order valence-electron chi connectivity index (χ2n) is 5.54. The van der Waals surface area contributed by atoms with Crippen molar-refractivity contribution in [1.29, 1.82) is 0 Å². The highest BCUT2D eigenvalue weighted by Crippen LogP contribution is 2.28. The van der Waals surface area contributed by atoms with Gasteiger partial charge in [-0.1, -0.05) is 40.7 Å². The van der Waals surface area contributed by atoms with Crippen LogP contribution in [0, 0.1) is 11.3 Å². The van der Waals surface area contributed by atoms with Gasteiger partial charge in [0.15, 0.2) is 0 Å². The zero-order chi connectivity index (χ0) is 12.8. The molecule has 0 aromatic heterocycles. The fraction of sp³-hybridized carbons (Fsp3) is 0.786. The summed E-state index contributed by atoms with van der Waals surface area (Å²) in [6.45, 7) is 14.6. The molecule has 94 valence electrons.